The highest BCUT2D eigenvalue weighted by atomic mass is 32.2. The zero-order valence-electron chi connectivity index (χ0n) is 9.47. The van der Waals surface area contributed by atoms with Crippen molar-refractivity contribution in [3.8, 4) is 0 Å². The van der Waals surface area contributed by atoms with E-state index in [0.29, 0.717) is 6.04 Å². The van der Waals surface area contributed by atoms with Gasteiger partial charge in [0.25, 0.3) is 0 Å². The third-order valence-electron chi connectivity index (χ3n) is 1.98. The fraction of sp³-hybridized carbons (Fsp3) is 0.700. The topological polar surface area (TPSA) is 50.1 Å². The van der Waals surface area contributed by atoms with Crippen molar-refractivity contribution in [2.75, 3.05) is 12.4 Å². The van der Waals surface area contributed by atoms with Crippen LogP contribution in [0.25, 0.3) is 0 Å². The molecule has 0 saturated heterocycles. The van der Waals surface area contributed by atoms with Gasteiger partial charge in [-0.3, -0.25) is 0 Å². The van der Waals surface area contributed by atoms with Crippen LogP contribution in [-0.4, -0.2) is 39.1 Å². The Bertz CT molecular complexity index is 288. The number of nitrogens with zero attached hydrogens (tertiary/aromatic N) is 2. The third-order valence-corrected chi connectivity index (χ3v) is 3.20. The van der Waals surface area contributed by atoms with E-state index in [1.54, 1.807) is 18.0 Å². The minimum atomic E-state index is 0.131. The van der Waals surface area contributed by atoms with Crippen molar-refractivity contribution in [3.05, 3.63) is 12.4 Å². The van der Waals surface area contributed by atoms with Crippen LogP contribution in [0, 0.1) is 0 Å². The first-order valence-electron chi connectivity index (χ1n) is 5.10. The minimum absolute atomic E-state index is 0.131. The highest BCUT2D eigenvalue weighted by Crippen LogP contribution is 2.15. The summed E-state index contributed by atoms with van der Waals surface area (Å²) in [6.07, 6.45) is 3.71. The van der Waals surface area contributed by atoms with E-state index in [9.17, 15) is 0 Å². The molecule has 0 radical (unpaired) electrons. The lowest BCUT2D eigenvalue weighted by Crippen LogP contribution is -2.39. The van der Waals surface area contributed by atoms with Crippen LogP contribution in [0.2, 0.25) is 0 Å². The molecule has 0 bridgehead atoms. The van der Waals surface area contributed by atoms with Gasteiger partial charge in [0.1, 0.15) is 0 Å². The van der Waals surface area contributed by atoms with E-state index in [2.05, 4.69) is 24.1 Å². The molecule has 0 aliphatic rings. The molecule has 0 aromatic carbocycles. The standard InChI is InChI=1S/C10H19N3OS/c1-8(2)12-9(6-14)7-15-10-11-4-5-13(10)3/h4-5,8-9,12,14H,6-7H2,1-3H3. The Hall–Kier alpha value is -0.520. The molecule has 1 unspecified atom stereocenters. The fourth-order valence-corrected chi connectivity index (χ4v) is 2.24. The Balaban J connectivity index is 2.37. The van der Waals surface area contributed by atoms with Crippen LogP contribution >= 0.6 is 11.8 Å². The number of hydrogen-bond acceptors (Lipinski definition) is 4. The molecule has 1 aromatic heterocycles. The highest BCUT2D eigenvalue weighted by molar-refractivity contribution is 7.99. The van der Waals surface area contributed by atoms with Crippen molar-refractivity contribution >= 4 is 11.8 Å². The van der Waals surface area contributed by atoms with Crippen molar-refractivity contribution in [1.82, 2.24) is 14.9 Å². The molecule has 0 aliphatic heterocycles. The summed E-state index contributed by atoms with van der Waals surface area (Å²) in [5.41, 5.74) is 0. The van der Waals surface area contributed by atoms with Gasteiger partial charge in [-0.15, -0.1) is 0 Å². The van der Waals surface area contributed by atoms with Crippen LogP contribution in [0.5, 0.6) is 0 Å². The molecule has 1 heterocycles. The second kappa shape index (κ2) is 6.15. The van der Waals surface area contributed by atoms with E-state index in [1.165, 1.54) is 0 Å². The molecule has 0 spiro atoms. The van der Waals surface area contributed by atoms with Crippen LogP contribution in [-0.2, 0) is 7.05 Å². The predicted octanol–water partition coefficient (Wildman–Crippen LogP) is 0.871. The molecule has 5 heteroatoms. The molecule has 0 fully saturated rings. The fourth-order valence-electron chi connectivity index (χ4n) is 1.29. The van der Waals surface area contributed by atoms with Gasteiger partial charge in [0, 0.05) is 37.3 Å². The normalized spacial score (nSPS) is 13.4. The number of thioether (sulfide) groups is 1. The Morgan fingerprint density at radius 3 is 2.80 bits per heavy atom. The number of aliphatic hydroxyl groups is 1. The van der Waals surface area contributed by atoms with Crippen LogP contribution < -0.4 is 5.32 Å². The molecule has 0 saturated carbocycles. The second-order valence-corrected chi connectivity index (χ2v) is 4.82. The Morgan fingerprint density at radius 2 is 2.33 bits per heavy atom. The number of nitrogens with one attached hydrogen (secondary N) is 1. The number of aromatic nitrogens is 2. The quantitative estimate of drug-likeness (QED) is 0.711. The van der Waals surface area contributed by atoms with Crippen LogP contribution in [0.1, 0.15) is 13.8 Å². The maximum Gasteiger partial charge on any atom is 0.167 e. The molecule has 1 aromatic rings. The lowest BCUT2D eigenvalue weighted by Gasteiger charge is -2.18. The first-order valence-corrected chi connectivity index (χ1v) is 6.09. The Morgan fingerprint density at radius 1 is 1.60 bits per heavy atom. The molecule has 0 aliphatic carbocycles. The van der Waals surface area contributed by atoms with Gasteiger partial charge in [0.2, 0.25) is 0 Å². The zero-order valence-corrected chi connectivity index (χ0v) is 10.3. The minimum Gasteiger partial charge on any atom is -0.395 e. The summed E-state index contributed by atoms with van der Waals surface area (Å²) in [7, 11) is 1.97. The number of rotatable bonds is 6. The van der Waals surface area contributed by atoms with Gasteiger partial charge in [-0.1, -0.05) is 25.6 Å². The maximum absolute atomic E-state index is 9.17. The number of aliphatic hydroxyl groups excluding tert-OH is 1. The molecule has 4 nitrogen and oxygen atoms in total. The molecule has 0 amide bonds. The first kappa shape index (κ1) is 12.5. The smallest absolute Gasteiger partial charge is 0.167 e. The van der Waals surface area contributed by atoms with Gasteiger partial charge in [-0.2, -0.15) is 0 Å². The lowest BCUT2D eigenvalue weighted by molar-refractivity contribution is 0.247. The molecule has 86 valence electrons. The largest absolute Gasteiger partial charge is 0.395 e. The summed E-state index contributed by atoms with van der Waals surface area (Å²) >= 11 is 1.66. The predicted molar refractivity (Wildman–Crippen MR) is 63.1 cm³/mol. The molecule has 15 heavy (non-hydrogen) atoms. The van der Waals surface area contributed by atoms with Crippen LogP contribution in [0.4, 0.5) is 0 Å². The van der Waals surface area contributed by atoms with Crippen LogP contribution in [0.15, 0.2) is 17.6 Å². The summed E-state index contributed by atoms with van der Waals surface area (Å²) in [5.74, 6) is 0.833. The molecular weight excluding hydrogens is 210 g/mol. The average Bonchev–Trinajstić information content (AvgIpc) is 2.58. The van der Waals surface area contributed by atoms with Gasteiger partial charge in [-0.25, -0.2) is 4.98 Å². The van der Waals surface area contributed by atoms with E-state index in [4.69, 9.17) is 5.11 Å². The van der Waals surface area contributed by atoms with Crippen molar-refractivity contribution < 1.29 is 5.11 Å². The summed E-state index contributed by atoms with van der Waals surface area (Å²) < 4.78 is 1.98. The van der Waals surface area contributed by atoms with Crippen molar-refractivity contribution in [1.29, 1.82) is 0 Å². The lowest BCUT2D eigenvalue weighted by atomic mass is 10.3. The van der Waals surface area contributed by atoms with Gasteiger partial charge in [0.05, 0.1) is 6.61 Å². The Kier molecular flexibility index (Phi) is 5.14. The summed E-state index contributed by atoms with van der Waals surface area (Å²) in [6.45, 7) is 4.32. The van der Waals surface area contributed by atoms with E-state index in [-0.39, 0.29) is 12.6 Å². The van der Waals surface area contributed by atoms with Crippen LogP contribution in [0.3, 0.4) is 0 Å². The Labute approximate surface area is 95.1 Å². The van der Waals surface area contributed by atoms with Gasteiger partial charge in [0.15, 0.2) is 5.16 Å². The average molecular weight is 229 g/mol. The SMILES string of the molecule is CC(C)NC(CO)CSc1nccn1C. The first-order chi connectivity index (χ1) is 7.13. The van der Waals surface area contributed by atoms with E-state index in [1.807, 2.05) is 17.8 Å². The van der Waals surface area contributed by atoms with Crippen molar-refractivity contribution in [2.45, 2.75) is 31.1 Å². The molecule has 1 rings (SSSR count). The van der Waals surface area contributed by atoms with E-state index in [0.717, 1.165) is 10.9 Å². The third kappa shape index (κ3) is 4.24. The van der Waals surface area contributed by atoms with Crippen molar-refractivity contribution in [3.63, 3.8) is 0 Å². The zero-order chi connectivity index (χ0) is 11.3. The highest BCUT2D eigenvalue weighted by Gasteiger charge is 2.10. The summed E-state index contributed by atoms with van der Waals surface area (Å²) in [6, 6.07) is 0.524. The monoisotopic (exact) mass is 229 g/mol. The van der Waals surface area contributed by atoms with Gasteiger partial charge < -0.3 is 15.0 Å². The number of aryl methyl sites for hydroxylation is 1. The molecule has 2 N–H and O–H groups in total. The summed E-state index contributed by atoms with van der Waals surface area (Å²) in [4.78, 5) is 4.22. The maximum atomic E-state index is 9.17. The van der Waals surface area contributed by atoms with Crippen molar-refractivity contribution in [2.24, 2.45) is 7.05 Å². The molecular formula is C10H19N3OS. The second-order valence-electron chi connectivity index (χ2n) is 3.83. The number of imidazole rings is 1. The summed E-state index contributed by atoms with van der Waals surface area (Å²) in [5, 5.41) is 13.5. The molecule has 1 atom stereocenters. The van der Waals surface area contributed by atoms with Gasteiger partial charge >= 0.3 is 0 Å². The van der Waals surface area contributed by atoms with E-state index >= 15 is 0 Å². The van der Waals surface area contributed by atoms with E-state index < -0.39 is 0 Å². The van der Waals surface area contributed by atoms with Gasteiger partial charge in [-0.05, 0) is 0 Å². The number of hydrogen-bond donors (Lipinski definition) is 2.